The van der Waals surface area contributed by atoms with Crippen LogP contribution in [0.15, 0.2) is 10.3 Å². The van der Waals surface area contributed by atoms with Crippen LogP contribution >= 0.6 is 11.8 Å². The van der Waals surface area contributed by atoms with E-state index in [9.17, 15) is 0 Å². The number of nitrogens with zero attached hydrogens (tertiary/aromatic N) is 2. The molecule has 1 unspecified atom stereocenters. The van der Waals surface area contributed by atoms with Gasteiger partial charge in [0, 0.05) is 0 Å². The van der Waals surface area contributed by atoms with E-state index < -0.39 is 0 Å². The van der Waals surface area contributed by atoms with E-state index in [1.54, 1.807) is 11.8 Å². The second kappa shape index (κ2) is 2.88. The first-order valence-electron chi connectivity index (χ1n) is 2.45. The molecule has 0 saturated carbocycles. The van der Waals surface area contributed by atoms with E-state index in [4.69, 9.17) is 0 Å². The van der Waals surface area contributed by atoms with Crippen LogP contribution in [-0.2, 0) is 0 Å². The van der Waals surface area contributed by atoms with Crippen LogP contribution in [0.5, 0.6) is 0 Å². The molecule has 1 rings (SSSR count). The van der Waals surface area contributed by atoms with Gasteiger partial charge in [0.2, 0.25) is 0 Å². The van der Waals surface area contributed by atoms with Crippen molar-refractivity contribution in [1.29, 1.82) is 0 Å². The predicted octanol–water partition coefficient (Wildman–Crippen LogP) is 0.498. The fourth-order valence-electron chi connectivity index (χ4n) is 0.427. The molecule has 0 saturated heterocycles. The molecule has 1 aliphatic rings. The van der Waals surface area contributed by atoms with Crippen molar-refractivity contribution in [1.82, 2.24) is 11.0 Å². The van der Waals surface area contributed by atoms with Crippen LogP contribution in [0.25, 0.3) is 0 Å². The Hall–Kier alpha value is -0.290. The summed E-state index contributed by atoms with van der Waals surface area (Å²) in [6.45, 7) is 2.08. The highest BCUT2D eigenvalue weighted by atomic mass is 32.2. The molecule has 0 amide bonds. The molecule has 8 heavy (non-hydrogen) atoms. The molecule has 1 aliphatic heterocycles. The highest BCUT2D eigenvalue weighted by Gasteiger charge is 2.07. The molecule has 0 radical (unpaired) electrons. The van der Waals surface area contributed by atoms with Gasteiger partial charge in [-0.15, -0.1) is 16.9 Å². The first-order valence-corrected chi connectivity index (χ1v) is 3.50. The molecule has 0 fully saturated rings. The molecule has 0 aliphatic carbocycles. The first-order chi connectivity index (χ1) is 3.93. The van der Waals surface area contributed by atoms with Crippen LogP contribution in [0.1, 0.15) is 6.92 Å². The third-order valence-corrected chi connectivity index (χ3v) is 1.59. The quantitative estimate of drug-likeness (QED) is 0.575. The third-order valence-electron chi connectivity index (χ3n) is 0.725. The van der Waals surface area contributed by atoms with Crippen LogP contribution < -0.4 is 11.0 Å². The summed E-state index contributed by atoms with van der Waals surface area (Å²) in [6, 6.07) is 0. The summed E-state index contributed by atoms with van der Waals surface area (Å²) in [5.74, 6) is 1.05. The molecule has 0 bridgehead atoms. The average molecular weight is 132 g/mol. The monoisotopic (exact) mass is 132 g/mol. The Morgan fingerprint density at radius 3 is 3.12 bits per heavy atom. The minimum absolute atomic E-state index is 0.125. The number of hydrogen-bond acceptors (Lipinski definition) is 5. The Balaban J connectivity index is 2.16. The Morgan fingerprint density at radius 1 is 1.75 bits per heavy atom. The molecule has 1 atom stereocenters. The lowest BCUT2D eigenvalue weighted by molar-refractivity contribution is 0.630. The highest BCUT2D eigenvalue weighted by Crippen LogP contribution is 2.09. The molecule has 1 heterocycles. The van der Waals surface area contributed by atoms with Crippen molar-refractivity contribution in [3.05, 3.63) is 0 Å². The van der Waals surface area contributed by atoms with Gasteiger partial charge >= 0.3 is 0 Å². The van der Waals surface area contributed by atoms with Gasteiger partial charge in [0.1, 0.15) is 0 Å². The fraction of sp³-hybridized carbons (Fsp3) is 1.00. The number of hydrazine groups is 1. The second-order valence-corrected chi connectivity index (χ2v) is 2.64. The van der Waals surface area contributed by atoms with E-state index in [1.165, 1.54) is 0 Å². The second-order valence-electron chi connectivity index (χ2n) is 1.28. The molecular formula is C3H8N4S. The molecule has 5 heteroatoms. The number of rotatable bonds is 2. The molecule has 0 aromatic heterocycles. The van der Waals surface area contributed by atoms with Crippen molar-refractivity contribution in [2.45, 2.75) is 12.4 Å². The Kier molecular flexibility index (Phi) is 2.11. The number of nitrogens with one attached hydrogen (secondary N) is 2. The smallest absolute Gasteiger partial charge is 0.187 e. The molecular weight excluding hydrogens is 124 g/mol. The highest BCUT2D eigenvalue weighted by molar-refractivity contribution is 7.99. The standard InChI is InChI=1S/C3H8N4S/c1-2-8-3-4-6-7-5-3/h3H,2H2,1H3,(H,4,7)(H,5,6). The van der Waals surface area contributed by atoms with E-state index in [0.29, 0.717) is 0 Å². The molecule has 4 nitrogen and oxygen atoms in total. The van der Waals surface area contributed by atoms with Crippen LogP contribution in [0, 0.1) is 0 Å². The van der Waals surface area contributed by atoms with Crippen LogP contribution in [-0.4, -0.2) is 11.3 Å². The van der Waals surface area contributed by atoms with Gasteiger partial charge < -0.3 is 0 Å². The summed E-state index contributed by atoms with van der Waals surface area (Å²) < 4.78 is 0. The lowest BCUT2D eigenvalue weighted by atomic mass is 11.0. The topological polar surface area (TPSA) is 48.8 Å². The largest absolute Gasteiger partial charge is 0.222 e. The minimum Gasteiger partial charge on any atom is -0.222 e. The average Bonchev–Trinajstić information content (AvgIpc) is 2.19. The van der Waals surface area contributed by atoms with Crippen molar-refractivity contribution >= 4 is 11.8 Å². The van der Waals surface area contributed by atoms with Crippen molar-refractivity contribution < 1.29 is 0 Å². The molecule has 0 aromatic carbocycles. The van der Waals surface area contributed by atoms with Gasteiger partial charge in [-0.25, -0.2) is 5.53 Å². The van der Waals surface area contributed by atoms with Gasteiger partial charge in [-0.05, 0) is 5.75 Å². The lowest BCUT2D eigenvalue weighted by Gasteiger charge is -1.99. The van der Waals surface area contributed by atoms with E-state index in [2.05, 4.69) is 28.2 Å². The van der Waals surface area contributed by atoms with Gasteiger partial charge in [0.05, 0.1) is 0 Å². The van der Waals surface area contributed by atoms with Crippen LogP contribution in [0.2, 0.25) is 0 Å². The number of hydrogen-bond donors (Lipinski definition) is 2. The first kappa shape index (κ1) is 5.84. The summed E-state index contributed by atoms with van der Waals surface area (Å²) >= 11 is 1.70. The third kappa shape index (κ3) is 1.34. The SMILES string of the molecule is CCSC1N=NNN1. The summed E-state index contributed by atoms with van der Waals surface area (Å²) in [5.41, 5.74) is 5.51. The predicted molar refractivity (Wildman–Crippen MR) is 33.0 cm³/mol. The van der Waals surface area contributed by atoms with Crippen molar-refractivity contribution in [2.75, 3.05) is 5.75 Å². The van der Waals surface area contributed by atoms with Crippen molar-refractivity contribution in [2.24, 2.45) is 10.3 Å². The van der Waals surface area contributed by atoms with E-state index in [0.717, 1.165) is 5.75 Å². The zero-order valence-corrected chi connectivity index (χ0v) is 5.40. The van der Waals surface area contributed by atoms with Crippen LogP contribution in [0.4, 0.5) is 0 Å². The molecule has 46 valence electrons. The summed E-state index contributed by atoms with van der Waals surface area (Å²) in [6.07, 6.45) is 0. The summed E-state index contributed by atoms with van der Waals surface area (Å²) in [5, 5.41) is 7.32. The van der Waals surface area contributed by atoms with Gasteiger partial charge in [-0.2, -0.15) is 5.43 Å². The maximum atomic E-state index is 3.79. The maximum absolute atomic E-state index is 3.79. The lowest BCUT2D eigenvalue weighted by Crippen LogP contribution is -2.27. The van der Waals surface area contributed by atoms with E-state index in [1.807, 2.05) is 0 Å². The fourth-order valence-corrected chi connectivity index (χ4v) is 0.993. The van der Waals surface area contributed by atoms with Gasteiger partial charge in [0.25, 0.3) is 0 Å². The Labute approximate surface area is 52.1 Å². The minimum atomic E-state index is 0.125. The van der Waals surface area contributed by atoms with Crippen molar-refractivity contribution in [3.63, 3.8) is 0 Å². The molecule has 2 N–H and O–H groups in total. The van der Waals surface area contributed by atoms with E-state index >= 15 is 0 Å². The summed E-state index contributed by atoms with van der Waals surface area (Å²) in [4.78, 5) is 0. The maximum Gasteiger partial charge on any atom is 0.187 e. The van der Waals surface area contributed by atoms with Gasteiger partial charge in [-0.1, -0.05) is 12.1 Å². The van der Waals surface area contributed by atoms with E-state index in [-0.39, 0.29) is 5.50 Å². The van der Waals surface area contributed by atoms with Gasteiger partial charge in [-0.3, -0.25) is 0 Å². The summed E-state index contributed by atoms with van der Waals surface area (Å²) in [7, 11) is 0. The van der Waals surface area contributed by atoms with Crippen LogP contribution in [0.3, 0.4) is 0 Å². The Morgan fingerprint density at radius 2 is 2.62 bits per heavy atom. The zero-order valence-electron chi connectivity index (χ0n) is 4.59. The van der Waals surface area contributed by atoms with Crippen molar-refractivity contribution in [3.8, 4) is 0 Å². The number of thioether (sulfide) groups is 1. The molecule has 0 aromatic rings. The zero-order chi connectivity index (χ0) is 5.82. The normalized spacial score (nSPS) is 25.9. The van der Waals surface area contributed by atoms with Gasteiger partial charge in [0.15, 0.2) is 5.50 Å². The molecule has 0 spiro atoms. The Bertz CT molecular complexity index is 93.3.